The van der Waals surface area contributed by atoms with E-state index in [9.17, 15) is 9.59 Å². The van der Waals surface area contributed by atoms with Gasteiger partial charge in [-0.2, -0.15) is 5.10 Å². The minimum absolute atomic E-state index is 0.0372. The van der Waals surface area contributed by atoms with Crippen molar-refractivity contribution in [1.29, 1.82) is 0 Å². The molecule has 6 rings (SSSR count). The van der Waals surface area contributed by atoms with Gasteiger partial charge in [0.05, 0.1) is 29.9 Å². The molecule has 7 nitrogen and oxygen atoms in total. The predicted octanol–water partition coefficient (Wildman–Crippen LogP) is 3.77. The molecule has 2 amide bonds. The number of nitrogens with two attached hydrogens (primary N) is 1. The molecule has 1 aromatic carbocycles. The van der Waals surface area contributed by atoms with Gasteiger partial charge in [-0.3, -0.25) is 14.3 Å². The number of carbonyl (C=O) groups is 2. The summed E-state index contributed by atoms with van der Waals surface area (Å²) >= 11 is 6.15. The average molecular weight is 457 g/mol. The van der Waals surface area contributed by atoms with E-state index in [-0.39, 0.29) is 16.9 Å². The van der Waals surface area contributed by atoms with E-state index < -0.39 is 5.91 Å². The van der Waals surface area contributed by atoms with Crippen molar-refractivity contribution >= 4 is 23.4 Å². The predicted molar refractivity (Wildman–Crippen MR) is 121 cm³/mol. The monoisotopic (exact) mass is 456 g/mol. The molecule has 0 radical (unpaired) electrons. The van der Waals surface area contributed by atoms with Gasteiger partial charge in [0.15, 0.2) is 0 Å². The number of nitrogens with zero attached hydrogens (tertiary/aromatic N) is 3. The fourth-order valence-electron chi connectivity index (χ4n) is 5.86. The van der Waals surface area contributed by atoms with Gasteiger partial charge >= 0.3 is 0 Å². The Morgan fingerprint density at radius 3 is 2.50 bits per heavy atom. The number of methoxy groups -OCH3 is 1. The quantitative estimate of drug-likeness (QED) is 0.741. The van der Waals surface area contributed by atoms with Crippen molar-refractivity contribution in [2.24, 2.45) is 11.1 Å². The lowest BCUT2D eigenvalue weighted by molar-refractivity contribution is -0.146. The largest absolute Gasteiger partial charge is 0.378 e. The molecule has 1 aliphatic heterocycles. The second-order valence-electron chi connectivity index (χ2n) is 9.65. The number of ether oxygens (including phenoxy) is 1. The van der Waals surface area contributed by atoms with Crippen LogP contribution in [0.3, 0.4) is 0 Å². The molecule has 3 fully saturated rings. The van der Waals surface area contributed by atoms with Crippen molar-refractivity contribution in [2.45, 2.75) is 63.6 Å². The van der Waals surface area contributed by atoms with Gasteiger partial charge in [0, 0.05) is 30.7 Å². The Hall–Kier alpha value is -2.38. The van der Waals surface area contributed by atoms with Crippen LogP contribution in [0.25, 0.3) is 11.3 Å². The van der Waals surface area contributed by atoms with Crippen LogP contribution in [-0.4, -0.2) is 45.8 Å². The first-order chi connectivity index (χ1) is 15.3. The van der Waals surface area contributed by atoms with Crippen LogP contribution in [0.5, 0.6) is 0 Å². The molecule has 4 aliphatic rings. The summed E-state index contributed by atoms with van der Waals surface area (Å²) in [4.78, 5) is 27.6. The Balaban J connectivity index is 1.37. The maximum absolute atomic E-state index is 13.3. The van der Waals surface area contributed by atoms with Gasteiger partial charge in [0.1, 0.15) is 5.69 Å². The van der Waals surface area contributed by atoms with Gasteiger partial charge in [-0.25, -0.2) is 0 Å². The number of rotatable bonds is 5. The summed E-state index contributed by atoms with van der Waals surface area (Å²) in [6.45, 7) is 1.48. The molecule has 2 aromatic rings. The van der Waals surface area contributed by atoms with Crippen molar-refractivity contribution in [1.82, 2.24) is 14.7 Å². The minimum Gasteiger partial charge on any atom is -0.378 e. The number of fused-ring (bicyclic) bond motifs is 4. The van der Waals surface area contributed by atoms with Crippen LogP contribution in [0.1, 0.15) is 61.0 Å². The first-order valence-electron chi connectivity index (χ1n) is 11.3. The molecule has 0 spiro atoms. The van der Waals surface area contributed by atoms with E-state index in [2.05, 4.69) is 5.10 Å². The van der Waals surface area contributed by atoms with Crippen molar-refractivity contribution in [2.75, 3.05) is 13.7 Å². The Bertz CT molecular complexity index is 1050. The van der Waals surface area contributed by atoms with Crippen molar-refractivity contribution in [3.63, 3.8) is 0 Å². The molecule has 2 N–H and O–H groups in total. The van der Waals surface area contributed by atoms with E-state index >= 15 is 0 Å². The van der Waals surface area contributed by atoms with Gasteiger partial charge in [-0.05, 0) is 56.1 Å². The summed E-state index contributed by atoms with van der Waals surface area (Å²) < 4.78 is 7.61. The van der Waals surface area contributed by atoms with E-state index in [1.165, 1.54) is 0 Å². The third-order valence-corrected chi connectivity index (χ3v) is 8.20. The Morgan fingerprint density at radius 1 is 1.16 bits per heavy atom. The number of carbonyl (C=O) groups excluding carboxylic acids is 2. The normalized spacial score (nSPS) is 26.8. The zero-order valence-corrected chi connectivity index (χ0v) is 19.2. The Kier molecular flexibility index (Phi) is 5.29. The van der Waals surface area contributed by atoms with E-state index in [0.29, 0.717) is 48.0 Å². The van der Waals surface area contributed by atoms with Gasteiger partial charge in [0.2, 0.25) is 5.91 Å². The molecule has 2 heterocycles. The molecule has 1 aromatic heterocycles. The highest BCUT2D eigenvalue weighted by Gasteiger charge is 2.50. The van der Waals surface area contributed by atoms with Gasteiger partial charge in [-0.15, -0.1) is 0 Å². The molecule has 0 unspecified atom stereocenters. The van der Waals surface area contributed by atoms with Gasteiger partial charge in [0.25, 0.3) is 5.91 Å². The molecule has 0 atom stereocenters. The minimum atomic E-state index is -0.537. The van der Waals surface area contributed by atoms with E-state index in [1.807, 2.05) is 28.8 Å². The maximum Gasteiger partial charge on any atom is 0.252 e. The van der Waals surface area contributed by atoms with Crippen molar-refractivity contribution in [3.8, 4) is 11.3 Å². The molecular formula is C24H29ClN4O3. The van der Waals surface area contributed by atoms with Crippen LogP contribution in [0.4, 0.5) is 0 Å². The van der Waals surface area contributed by atoms with Gasteiger partial charge < -0.3 is 15.4 Å². The summed E-state index contributed by atoms with van der Waals surface area (Å²) in [7, 11) is 1.81. The van der Waals surface area contributed by atoms with Crippen molar-refractivity contribution in [3.05, 3.63) is 40.5 Å². The molecule has 2 bridgehead atoms. The highest BCUT2D eigenvalue weighted by Crippen LogP contribution is 2.55. The van der Waals surface area contributed by atoms with E-state index in [4.69, 9.17) is 22.1 Å². The number of hydrogen-bond donors (Lipinski definition) is 1. The molecule has 8 heteroatoms. The van der Waals surface area contributed by atoms with Crippen LogP contribution in [0, 0.1) is 5.41 Å². The summed E-state index contributed by atoms with van der Waals surface area (Å²) in [5, 5.41) is 5.22. The number of primary amides is 1. The number of halogens is 1. The fourth-order valence-corrected chi connectivity index (χ4v) is 6.05. The zero-order valence-electron chi connectivity index (χ0n) is 18.4. The van der Waals surface area contributed by atoms with Crippen LogP contribution < -0.4 is 5.73 Å². The van der Waals surface area contributed by atoms with E-state index in [1.54, 1.807) is 12.1 Å². The van der Waals surface area contributed by atoms with Crippen LogP contribution in [0.15, 0.2) is 24.3 Å². The van der Waals surface area contributed by atoms with Crippen LogP contribution >= 0.6 is 11.6 Å². The fraction of sp³-hybridized carbons (Fsp3) is 0.542. The molecule has 0 saturated heterocycles. The SMILES string of the molecule is COC12CCC(CC(=O)N3CCn4nc(-c5cccc(Cl)c5)c(C(N)=O)c4C3)(CC1)CC2. The lowest BCUT2D eigenvalue weighted by Crippen LogP contribution is -2.49. The molecular weight excluding hydrogens is 428 g/mol. The standard InChI is InChI=1S/C24H29ClN4O3/c1-32-24-8-5-23(6-9-24,7-10-24)14-19(30)28-11-12-29-18(15-28)20(22(26)31)21(27-29)16-3-2-4-17(25)13-16/h2-4,13H,5-12,14-15H2,1H3,(H2,26,31). The zero-order chi connectivity index (χ0) is 22.5. The number of benzene rings is 1. The summed E-state index contributed by atoms with van der Waals surface area (Å²) in [6.07, 6.45) is 6.82. The average Bonchev–Trinajstić information content (AvgIpc) is 3.19. The lowest BCUT2D eigenvalue weighted by atomic mass is 9.57. The number of amides is 2. The topological polar surface area (TPSA) is 90.4 Å². The summed E-state index contributed by atoms with van der Waals surface area (Å²) in [6, 6.07) is 7.23. The first kappa shape index (κ1) is 21.5. The number of hydrogen-bond acceptors (Lipinski definition) is 4. The van der Waals surface area contributed by atoms with Gasteiger partial charge in [-0.1, -0.05) is 23.7 Å². The Labute approximate surface area is 192 Å². The smallest absolute Gasteiger partial charge is 0.252 e. The molecule has 170 valence electrons. The van der Waals surface area contributed by atoms with E-state index in [0.717, 1.165) is 44.1 Å². The molecule has 3 aliphatic carbocycles. The summed E-state index contributed by atoms with van der Waals surface area (Å²) in [5.74, 6) is -0.381. The molecule has 3 saturated carbocycles. The first-order valence-corrected chi connectivity index (χ1v) is 11.7. The van der Waals surface area contributed by atoms with Crippen LogP contribution in [0.2, 0.25) is 5.02 Å². The third-order valence-electron chi connectivity index (χ3n) is 7.97. The summed E-state index contributed by atoms with van der Waals surface area (Å²) in [5.41, 5.74) is 8.24. The lowest BCUT2D eigenvalue weighted by Gasteiger charge is -2.52. The van der Waals surface area contributed by atoms with Crippen LogP contribution in [-0.2, 0) is 22.6 Å². The second kappa shape index (κ2) is 7.89. The second-order valence-corrected chi connectivity index (χ2v) is 10.1. The number of aromatic nitrogens is 2. The highest BCUT2D eigenvalue weighted by atomic mass is 35.5. The Morgan fingerprint density at radius 2 is 1.88 bits per heavy atom. The van der Waals surface area contributed by atoms with Crippen molar-refractivity contribution < 1.29 is 14.3 Å². The highest BCUT2D eigenvalue weighted by molar-refractivity contribution is 6.30. The molecule has 32 heavy (non-hydrogen) atoms. The maximum atomic E-state index is 13.3. The third kappa shape index (κ3) is 3.61.